The van der Waals surface area contributed by atoms with E-state index in [9.17, 15) is 9.90 Å². The van der Waals surface area contributed by atoms with Crippen LogP contribution in [-0.2, 0) is 13.0 Å². The van der Waals surface area contributed by atoms with Gasteiger partial charge in [0.25, 0.3) is 5.56 Å². The maximum absolute atomic E-state index is 11.9. The number of aliphatic hydroxyl groups excluding tert-OH is 1. The van der Waals surface area contributed by atoms with Crippen LogP contribution in [0.2, 0.25) is 5.02 Å². The molecule has 24 heavy (non-hydrogen) atoms. The van der Waals surface area contributed by atoms with Crippen LogP contribution in [0.25, 0.3) is 0 Å². The Morgan fingerprint density at radius 2 is 2.08 bits per heavy atom. The summed E-state index contributed by atoms with van der Waals surface area (Å²) in [5.74, 6) is 0.599. The molecule has 124 valence electrons. The quantitative estimate of drug-likeness (QED) is 0.741. The largest absolute Gasteiger partial charge is 0.388 e. The van der Waals surface area contributed by atoms with Gasteiger partial charge in [-0.3, -0.25) is 9.36 Å². The Bertz CT molecular complexity index is 891. The lowest BCUT2D eigenvalue weighted by atomic mass is 10.1. The van der Waals surface area contributed by atoms with E-state index in [1.807, 2.05) is 0 Å². The second-order valence-electron chi connectivity index (χ2n) is 5.23. The van der Waals surface area contributed by atoms with Crippen molar-refractivity contribution in [3.05, 3.63) is 68.9 Å². The molecule has 0 radical (unpaired) electrons. The number of benzene rings is 1. The maximum atomic E-state index is 11.9. The molecule has 0 saturated heterocycles. The number of rotatable bonds is 5. The summed E-state index contributed by atoms with van der Waals surface area (Å²) < 4.78 is 6.45. The summed E-state index contributed by atoms with van der Waals surface area (Å²) in [6.45, 7) is 1.67. The van der Waals surface area contributed by atoms with Gasteiger partial charge in [0.2, 0.25) is 5.89 Å². The zero-order valence-electron chi connectivity index (χ0n) is 12.8. The first-order chi connectivity index (χ1) is 11.5. The Kier molecular flexibility index (Phi) is 4.68. The fourth-order valence-electron chi connectivity index (χ4n) is 2.15. The SMILES string of the molecule is Cc1nncn(Cc2nc(C[C@H](O)c3ccc(Cl)cc3)no2)c1=O. The molecule has 9 heteroatoms. The van der Waals surface area contributed by atoms with Gasteiger partial charge in [0.05, 0.1) is 6.10 Å². The van der Waals surface area contributed by atoms with Crippen LogP contribution < -0.4 is 5.56 Å². The minimum absolute atomic E-state index is 0.0965. The normalized spacial score (nSPS) is 12.3. The number of hydrogen-bond acceptors (Lipinski definition) is 7. The fourth-order valence-corrected chi connectivity index (χ4v) is 2.28. The minimum atomic E-state index is -0.778. The van der Waals surface area contributed by atoms with Gasteiger partial charge in [-0.1, -0.05) is 28.9 Å². The van der Waals surface area contributed by atoms with Gasteiger partial charge in [0.1, 0.15) is 18.6 Å². The van der Waals surface area contributed by atoms with Crippen molar-refractivity contribution in [2.24, 2.45) is 0 Å². The molecule has 0 spiro atoms. The molecule has 0 aliphatic heterocycles. The molecule has 3 rings (SSSR count). The fraction of sp³-hybridized carbons (Fsp3) is 0.267. The molecule has 1 aromatic carbocycles. The van der Waals surface area contributed by atoms with Gasteiger partial charge in [0.15, 0.2) is 5.82 Å². The minimum Gasteiger partial charge on any atom is -0.388 e. The van der Waals surface area contributed by atoms with E-state index in [1.54, 1.807) is 31.2 Å². The second-order valence-corrected chi connectivity index (χ2v) is 5.66. The van der Waals surface area contributed by atoms with E-state index < -0.39 is 6.10 Å². The highest BCUT2D eigenvalue weighted by Crippen LogP contribution is 2.19. The van der Waals surface area contributed by atoms with Gasteiger partial charge in [0, 0.05) is 11.4 Å². The average Bonchev–Trinajstić information content (AvgIpc) is 2.99. The zero-order valence-corrected chi connectivity index (χ0v) is 13.5. The Balaban J connectivity index is 1.70. The van der Waals surface area contributed by atoms with E-state index in [1.165, 1.54) is 10.9 Å². The van der Waals surface area contributed by atoms with Crippen LogP contribution in [0, 0.1) is 6.92 Å². The van der Waals surface area contributed by atoms with Crippen LogP contribution >= 0.6 is 11.6 Å². The van der Waals surface area contributed by atoms with Gasteiger partial charge >= 0.3 is 0 Å². The maximum Gasteiger partial charge on any atom is 0.275 e. The lowest BCUT2D eigenvalue weighted by molar-refractivity contribution is 0.174. The van der Waals surface area contributed by atoms with Gasteiger partial charge in [-0.15, -0.1) is 10.2 Å². The molecule has 0 saturated carbocycles. The first kappa shape index (κ1) is 16.3. The summed E-state index contributed by atoms with van der Waals surface area (Å²) in [6.07, 6.45) is 0.718. The molecular weight excluding hydrogens is 334 g/mol. The van der Waals surface area contributed by atoms with Crippen molar-refractivity contribution in [2.75, 3.05) is 0 Å². The van der Waals surface area contributed by atoms with Crippen LogP contribution in [-0.4, -0.2) is 30.0 Å². The predicted molar refractivity (Wildman–Crippen MR) is 84.5 cm³/mol. The third-order valence-electron chi connectivity index (χ3n) is 3.42. The Hall–Kier alpha value is -2.58. The van der Waals surface area contributed by atoms with E-state index in [2.05, 4.69) is 20.3 Å². The van der Waals surface area contributed by atoms with Gasteiger partial charge in [-0.05, 0) is 24.6 Å². The van der Waals surface area contributed by atoms with E-state index >= 15 is 0 Å². The van der Waals surface area contributed by atoms with Crippen molar-refractivity contribution in [2.45, 2.75) is 26.0 Å². The van der Waals surface area contributed by atoms with Crippen LogP contribution in [0.5, 0.6) is 0 Å². The molecule has 0 aliphatic rings. The number of nitrogens with zero attached hydrogens (tertiary/aromatic N) is 5. The smallest absolute Gasteiger partial charge is 0.275 e. The Labute approximate surface area is 141 Å². The van der Waals surface area contributed by atoms with Crippen LogP contribution in [0.4, 0.5) is 0 Å². The molecule has 0 amide bonds. The van der Waals surface area contributed by atoms with Crippen molar-refractivity contribution < 1.29 is 9.63 Å². The third kappa shape index (κ3) is 3.66. The van der Waals surface area contributed by atoms with Gasteiger partial charge in [-0.2, -0.15) is 4.98 Å². The van der Waals surface area contributed by atoms with Gasteiger partial charge in [-0.25, -0.2) is 0 Å². The molecule has 0 bridgehead atoms. The van der Waals surface area contributed by atoms with Crippen molar-refractivity contribution in [3.63, 3.8) is 0 Å². The monoisotopic (exact) mass is 347 g/mol. The zero-order chi connectivity index (χ0) is 17.1. The van der Waals surface area contributed by atoms with Crippen molar-refractivity contribution in [1.82, 2.24) is 24.9 Å². The van der Waals surface area contributed by atoms with Crippen LogP contribution in [0.1, 0.15) is 29.1 Å². The standard InChI is InChI=1S/C15H14ClN5O3/c1-9-15(23)21(8-17-19-9)7-14-18-13(20-24-14)6-12(22)10-2-4-11(16)5-3-10/h2-5,8,12,22H,6-7H2,1H3/t12-/m0/s1. The summed E-state index contributed by atoms with van der Waals surface area (Å²) in [7, 11) is 0. The number of aryl methyl sites for hydroxylation is 1. The molecule has 2 heterocycles. The average molecular weight is 348 g/mol. The molecule has 0 aliphatic carbocycles. The Morgan fingerprint density at radius 3 is 2.83 bits per heavy atom. The van der Waals surface area contributed by atoms with Crippen LogP contribution in [0.3, 0.4) is 0 Å². The van der Waals surface area contributed by atoms with Crippen LogP contribution in [0.15, 0.2) is 39.9 Å². The number of halogens is 1. The Morgan fingerprint density at radius 1 is 1.33 bits per heavy atom. The van der Waals surface area contributed by atoms with E-state index in [0.717, 1.165) is 0 Å². The van der Waals surface area contributed by atoms with E-state index in [4.69, 9.17) is 16.1 Å². The summed E-state index contributed by atoms with van der Waals surface area (Å²) in [5.41, 5.74) is 0.720. The lowest BCUT2D eigenvalue weighted by Gasteiger charge is -2.08. The molecule has 2 aromatic heterocycles. The van der Waals surface area contributed by atoms with E-state index in [-0.39, 0.29) is 30.1 Å². The van der Waals surface area contributed by atoms with Gasteiger partial charge < -0.3 is 9.63 Å². The highest BCUT2D eigenvalue weighted by atomic mass is 35.5. The third-order valence-corrected chi connectivity index (χ3v) is 3.67. The molecule has 8 nitrogen and oxygen atoms in total. The predicted octanol–water partition coefficient (Wildman–Crippen LogP) is 1.31. The van der Waals surface area contributed by atoms with Crippen molar-refractivity contribution in [3.8, 4) is 0 Å². The molecule has 3 aromatic rings. The lowest BCUT2D eigenvalue weighted by Crippen LogP contribution is -2.24. The van der Waals surface area contributed by atoms with Crippen molar-refractivity contribution in [1.29, 1.82) is 0 Å². The summed E-state index contributed by atoms with van der Waals surface area (Å²) in [6, 6.07) is 6.87. The molecule has 0 fully saturated rings. The van der Waals surface area contributed by atoms with Crippen molar-refractivity contribution >= 4 is 11.6 Å². The highest BCUT2D eigenvalue weighted by molar-refractivity contribution is 6.30. The number of aromatic nitrogens is 5. The van der Waals surface area contributed by atoms with E-state index in [0.29, 0.717) is 16.4 Å². The summed E-state index contributed by atoms with van der Waals surface area (Å²) in [4.78, 5) is 16.1. The molecule has 0 unspecified atom stereocenters. The first-order valence-corrected chi connectivity index (χ1v) is 7.54. The summed E-state index contributed by atoms with van der Waals surface area (Å²) >= 11 is 5.82. The first-order valence-electron chi connectivity index (χ1n) is 7.16. The molecule has 1 atom stereocenters. The number of hydrogen-bond donors (Lipinski definition) is 1. The number of aliphatic hydroxyl groups is 1. The molecule has 1 N–H and O–H groups in total. The topological polar surface area (TPSA) is 107 Å². The second kappa shape index (κ2) is 6.90. The molecular formula is C15H14ClN5O3. The highest BCUT2D eigenvalue weighted by Gasteiger charge is 2.14. The summed E-state index contributed by atoms with van der Waals surface area (Å²) in [5, 5.41) is 22.0.